The zero-order valence-electron chi connectivity index (χ0n) is 9.35. The molecule has 1 aromatic heterocycles. The third kappa shape index (κ3) is 3.48. The van der Waals surface area contributed by atoms with Gasteiger partial charge in [0, 0.05) is 12.1 Å². The molecule has 2 nitrogen and oxygen atoms in total. The van der Waals surface area contributed by atoms with E-state index in [-0.39, 0.29) is 24.0 Å². The minimum absolute atomic E-state index is 0. The van der Waals surface area contributed by atoms with Gasteiger partial charge in [-0.3, -0.25) is 0 Å². The van der Waals surface area contributed by atoms with Crippen LogP contribution >= 0.6 is 0 Å². The van der Waals surface area contributed by atoms with Crippen LogP contribution in [0.2, 0.25) is 0 Å². The number of nitrogens with zero attached hydrogens (tertiary/aromatic N) is 1. The molecule has 0 amide bonds. The van der Waals surface area contributed by atoms with E-state index in [0.717, 1.165) is 11.5 Å². The number of halogens is 1. The van der Waals surface area contributed by atoms with Gasteiger partial charge in [-0.25, -0.2) is 4.57 Å². The second-order valence-corrected chi connectivity index (χ2v) is 3.62. The fraction of sp³-hybridized carbons (Fsp3) is 0.154. The fourth-order valence-corrected chi connectivity index (χ4v) is 1.37. The number of benzene rings is 1. The smallest absolute Gasteiger partial charge is 0.172 e. The van der Waals surface area contributed by atoms with E-state index in [4.69, 9.17) is 4.74 Å². The predicted octanol–water partition coefficient (Wildman–Crippen LogP) is -0.384. The van der Waals surface area contributed by atoms with E-state index in [1.807, 2.05) is 54.3 Å². The first kappa shape index (κ1) is 13.0. The maximum Gasteiger partial charge on any atom is 0.172 e. The van der Waals surface area contributed by atoms with Gasteiger partial charge in [-0.05, 0) is 24.6 Å². The first-order chi connectivity index (χ1) is 7.24. The number of pyridine rings is 1. The average Bonchev–Trinajstić information content (AvgIpc) is 2.22. The molecule has 0 saturated heterocycles. The first-order valence-corrected chi connectivity index (χ1v) is 4.94. The molecule has 0 aliphatic rings. The number of ether oxygens (including phenoxy) is 1. The van der Waals surface area contributed by atoms with Gasteiger partial charge in [0.1, 0.15) is 18.5 Å². The van der Waals surface area contributed by atoms with E-state index in [1.54, 1.807) is 0 Å². The van der Waals surface area contributed by atoms with E-state index in [1.165, 1.54) is 5.56 Å². The Morgan fingerprint density at radius 3 is 2.31 bits per heavy atom. The fourth-order valence-electron chi connectivity index (χ4n) is 1.37. The molecule has 2 rings (SSSR count). The van der Waals surface area contributed by atoms with Crippen molar-refractivity contribution in [2.24, 2.45) is 7.05 Å². The average molecular weight is 327 g/mol. The highest BCUT2D eigenvalue weighted by atomic mass is 127. The maximum absolute atomic E-state index is 5.70. The number of hydrogen-bond donors (Lipinski definition) is 0. The van der Waals surface area contributed by atoms with Gasteiger partial charge in [0.15, 0.2) is 12.4 Å². The lowest BCUT2D eigenvalue weighted by atomic mass is 10.2. The molecule has 0 N–H and O–H groups in total. The third-order valence-corrected chi connectivity index (χ3v) is 2.17. The Kier molecular flexibility index (Phi) is 4.73. The lowest BCUT2D eigenvalue weighted by Crippen LogP contribution is -3.00. The molecule has 0 saturated carbocycles. The molecule has 0 fully saturated rings. The summed E-state index contributed by atoms with van der Waals surface area (Å²) in [5.41, 5.74) is 1.20. The van der Waals surface area contributed by atoms with Crippen molar-refractivity contribution in [3.05, 3.63) is 54.4 Å². The highest BCUT2D eigenvalue weighted by molar-refractivity contribution is 5.32. The number of aryl methyl sites for hydroxylation is 2. The molecule has 3 heteroatoms. The largest absolute Gasteiger partial charge is 1.00 e. The molecular weight excluding hydrogens is 313 g/mol. The predicted molar refractivity (Wildman–Crippen MR) is 58.9 cm³/mol. The van der Waals surface area contributed by atoms with Crippen LogP contribution in [0.4, 0.5) is 0 Å². The SMILES string of the molecule is Cc1cccc(Oc2cc[n+](C)cc2)c1.[I-]. The summed E-state index contributed by atoms with van der Waals surface area (Å²) in [6.07, 6.45) is 3.93. The van der Waals surface area contributed by atoms with E-state index in [2.05, 4.69) is 13.0 Å². The molecule has 0 spiro atoms. The summed E-state index contributed by atoms with van der Waals surface area (Å²) >= 11 is 0. The molecule has 84 valence electrons. The second-order valence-electron chi connectivity index (χ2n) is 3.62. The van der Waals surface area contributed by atoms with Crippen molar-refractivity contribution in [3.63, 3.8) is 0 Å². The van der Waals surface area contributed by atoms with Gasteiger partial charge < -0.3 is 28.7 Å². The molecular formula is C13H14INO. The second kappa shape index (κ2) is 5.84. The highest BCUT2D eigenvalue weighted by Gasteiger charge is 1.98. The summed E-state index contributed by atoms with van der Waals surface area (Å²) in [5, 5.41) is 0. The van der Waals surface area contributed by atoms with Crippen molar-refractivity contribution in [3.8, 4) is 11.5 Å². The highest BCUT2D eigenvalue weighted by Crippen LogP contribution is 2.20. The molecule has 16 heavy (non-hydrogen) atoms. The lowest BCUT2D eigenvalue weighted by molar-refractivity contribution is -0.671. The molecule has 2 aromatic rings. The van der Waals surface area contributed by atoms with Crippen molar-refractivity contribution in [1.82, 2.24) is 0 Å². The number of hydrogen-bond acceptors (Lipinski definition) is 1. The molecule has 0 bridgehead atoms. The molecule has 0 atom stereocenters. The molecule has 1 aromatic carbocycles. The van der Waals surface area contributed by atoms with Crippen LogP contribution in [0.25, 0.3) is 0 Å². The lowest BCUT2D eigenvalue weighted by Gasteiger charge is -2.04. The molecule has 0 aliphatic carbocycles. The molecule has 0 unspecified atom stereocenters. The van der Waals surface area contributed by atoms with Crippen molar-refractivity contribution in [2.45, 2.75) is 6.92 Å². The Bertz CT molecular complexity index is 454. The summed E-state index contributed by atoms with van der Waals surface area (Å²) in [7, 11) is 1.98. The van der Waals surface area contributed by atoms with E-state index >= 15 is 0 Å². The minimum Gasteiger partial charge on any atom is -1.00 e. The molecule has 0 aliphatic heterocycles. The van der Waals surface area contributed by atoms with Gasteiger partial charge >= 0.3 is 0 Å². The van der Waals surface area contributed by atoms with E-state index < -0.39 is 0 Å². The van der Waals surface area contributed by atoms with Crippen LogP contribution in [0.5, 0.6) is 11.5 Å². The Morgan fingerprint density at radius 2 is 1.69 bits per heavy atom. The topological polar surface area (TPSA) is 13.1 Å². The summed E-state index contributed by atoms with van der Waals surface area (Å²) in [4.78, 5) is 0. The van der Waals surface area contributed by atoms with E-state index in [0.29, 0.717) is 0 Å². The van der Waals surface area contributed by atoms with Crippen LogP contribution in [0, 0.1) is 6.92 Å². The van der Waals surface area contributed by atoms with Crippen molar-refractivity contribution in [1.29, 1.82) is 0 Å². The number of aromatic nitrogens is 1. The summed E-state index contributed by atoms with van der Waals surface area (Å²) in [6.45, 7) is 2.05. The van der Waals surface area contributed by atoms with Crippen LogP contribution in [0.15, 0.2) is 48.8 Å². The Hall–Kier alpha value is -1.10. The summed E-state index contributed by atoms with van der Waals surface area (Å²) in [5.74, 6) is 1.74. The van der Waals surface area contributed by atoms with Crippen molar-refractivity contribution < 1.29 is 33.3 Å². The Balaban J connectivity index is 0.00000128. The van der Waals surface area contributed by atoms with Crippen LogP contribution in [-0.4, -0.2) is 0 Å². The van der Waals surface area contributed by atoms with Gasteiger partial charge in [-0.1, -0.05) is 12.1 Å². The number of rotatable bonds is 2. The van der Waals surface area contributed by atoms with Crippen LogP contribution in [-0.2, 0) is 7.05 Å². The van der Waals surface area contributed by atoms with Gasteiger partial charge in [-0.15, -0.1) is 0 Å². The quantitative estimate of drug-likeness (QED) is 0.541. The zero-order chi connectivity index (χ0) is 10.7. The minimum atomic E-state index is 0. The monoisotopic (exact) mass is 327 g/mol. The first-order valence-electron chi connectivity index (χ1n) is 4.94. The van der Waals surface area contributed by atoms with Crippen molar-refractivity contribution in [2.75, 3.05) is 0 Å². The van der Waals surface area contributed by atoms with Gasteiger partial charge in [-0.2, -0.15) is 0 Å². The summed E-state index contributed by atoms with van der Waals surface area (Å²) in [6, 6.07) is 11.9. The molecule has 1 heterocycles. The third-order valence-electron chi connectivity index (χ3n) is 2.17. The van der Waals surface area contributed by atoms with Gasteiger partial charge in [0.2, 0.25) is 0 Å². The standard InChI is InChI=1S/C13H14NO.HI/c1-11-4-3-5-13(10-11)15-12-6-8-14(2)9-7-12;/h3-10H,1-2H3;1H/q+1;/p-1. The normalized spacial score (nSPS) is 9.38. The van der Waals surface area contributed by atoms with Gasteiger partial charge in [0.25, 0.3) is 0 Å². The zero-order valence-corrected chi connectivity index (χ0v) is 11.5. The van der Waals surface area contributed by atoms with Crippen molar-refractivity contribution >= 4 is 0 Å². The van der Waals surface area contributed by atoms with Crippen LogP contribution in [0.1, 0.15) is 5.56 Å². The maximum atomic E-state index is 5.70. The Morgan fingerprint density at radius 1 is 1.00 bits per heavy atom. The van der Waals surface area contributed by atoms with Crippen LogP contribution < -0.4 is 33.3 Å². The Labute approximate surface area is 113 Å². The molecule has 0 radical (unpaired) electrons. The van der Waals surface area contributed by atoms with E-state index in [9.17, 15) is 0 Å². The van der Waals surface area contributed by atoms with Crippen LogP contribution in [0.3, 0.4) is 0 Å². The summed E-state index contributed by atoms with van der Waals surface area (Å²) < 4.78 is 7.68. The van der Waals surface area contributed by atoms with Gasteiger partial charge in [0.05, 0.1) is 0 Å².